The van der Waals surface area contributed by atoms with Gasteiger partial charge in [0.2, 0.25) is 0 Å². The zero-order valence-corrected chi connectivity index (χ0v) is 27.3. The number of nitrogens with zero attached hydrogens (tertiary/aromatic N) is 1. The van der Waals surface area contributed by atoms with Gasteiger partial charge in [-0.3, -0.25) is 0 Å². The predicted octanol–water partition coefficient (Wildman–Crippen LogP) is 13.9. The van der Waals surface area contributed by atoms with E-state index in [-0.39, 0.29) is 0 Å². The third kappa shape index (κ3) is 4.55. The molecular formula is C46H29NOS. The molecule has 0 N–H and O–H groups in total. The van der Waals surface area contributed by atoms with Gasteiger partial charge in [0.15, 0.2) is 0 Å². The average Bonchev–Trinajstić information content (AvgIpc) is 3.74. The van der Waals surface area contributed by atoms with Crippen LogP contribution in [0.15, 0.2) is 180 Å². The molecule has 49 heavy (non-hydrogen) atoms. The third-order valence-electron chi connectivity index (χ3n) is 9.66. The second kappa shape index (κ2) is 11.2. The highest BCUT2D eigenvalue weighted by atomic mass is 32.1. The van der Waals surface area contributed by atoms with E-state index >= 15 is 0 Å². The molecule has 2 nitrogen and oxygen atoms in total. The number of benzene rings is 8. The van der Waals surface area contributed by atoms with Crippen LogP contribution in [-0.2, 0) is 0 Å². The first-order valence-corrected chi connectivity index (χ1v) is 17.4. The van der Waals surface area contributed by atoms with Crippen molar-refractivity contribution in [1.82, 2.24) is 0 Å². The van der Waals surface area contributed by atoms with Crippen LogP contribution in [0.2, 0.25) is 0 Å². The van der Waals surface area contributed by atoms with Crippen molar-refractivity contribution in [3.05, 3.63) is 176 Å². The molecule has 0 aliphatic carbocycles. The van der Waals surface area contributed by atoms with Gasteiger partial charge in [0.25, 0.3) is 0 Å². The smallest absolute Gasteiger partial charge is 0.138 e. The van der Waals surface area contributed by atoms with Gasteiger partial charge >= 0.3 is 0 Å². The summed E-state index contributed by atoms with van der Waals surface area (Å²) in [5, 5.41) is 7.22. The molecular weight excluding hydrogens is 615 g/mol. The van der Waals surface area contributed by atoms with E-state index < -0.39 is 0 Å². The Bertz CT molecular complexity index is 2810. The summed E-state index contributed by atoms with van der Waals surface area (Å²) in [6.45, 7) is 0. The van der Waals surface area contributed by atoms with Gasteiger partial charge in [-0.15, -0.1) is 11.3 Å². The van der Waals surface area contributed by atoms with Gasteiger partial charge in [-0.05, 0) is 70.1 Å². The second-order valence-electron chi connectivity index (χ2n) is 12.5. The molecule has 10 aromatic rings. The van der Waals surface area contributed by atoms with Crippen LogP contribution < -0.4 is 4.90 Å². The maximum atomic E-state index is 6.51. The van der Waals surface area contributed by atoms with Crippen LogP contribution in [0.25, 0.3) is 75.1 Å². The number of fused-ring (bicyclic) bond motifs is 8. The van der Waals surface area contributed by atoms with Gasteiger partial charge in [-0.25, -0.2) is 0 Å². The van der Waals surface area contributed by atoms with E-state index in [1.54, 1.807) is 0 Å². The van der Waals surface area contributed by atoms with Crippen molar-refractivity contribution in [3.8, 4) is 22.3 Å². The molecule has 0 unspecified atom stereocenters. The van der Waals surface area contributed by atoms with Crippen LogP contribution in [-0.4, -0.2) is 0 Å². The van der Waals surface area contributed by atoms with Gasteiger partial charge in [-0.1, -0.05) is 127 Å². The third-order valence-corrected chi connectivity index (χ3v) is 10.8. The number of hydrogen-bond acceptors (Lipinski definition) is 3. The van der Waals surface area contributed by atoms with Gasteiger partial charge in [0.05, 0.1) is 5.69 Å². The van der Waals surface area contributed by atoms with Crippen molar-refractivity contribution in [3.63, 3.8) is 0 Å². The lowest BCUT2D eigenvalue weighted by atomic mass is 9.96. The first-order valence-electron chi connectivity index (χ1n) is 16.6. The van der Waals surface area contributed by atoms with Gasteiger partial charge in [-0.2, -0.15) is 0 Å². The molecule has 2 aromatic heterocycles. The summed E-state index contributed by atoms with van der Waals surface area (Å²) < 4.78 is 9.08. The summed E-state index contributed by atoms with van der Waals surface area (Å²) in [5.41, 5.74) is 10.0. The summed E-state index contributed by atoms with van der Waals surface area (Å²) in [7, 11) is 0. The quantitative estimate of drug-likeness (QED) is 0.186. The molecule has 0 saturated heterocycles. The van der Waals surface area contributed by atoms with Crippen LogP contribution >= 0.6 is 11.3 Å². The molecule has 0 radical (unpaired) electrons. The Balaban J connectivity index is 1.19. The molecule has 0 saturated carbocycles. The van der Waals surface area contributed by atoms with E-state index in [0.717, 1.165) is 39.0 Å². The molecule has 0 amide bonds. The Morgan fingerprint density at radius 1 is 0.388 bits per heavy atom. The highest BCUT2D eigenvalue weighted by Gasteiger charge is 2.21. The molecule has 0 aliphatic rings. The van der Waals surface area contributed by atoms with E-state index in [2.05, 4.69) is 175 Å². The molecule has 230 valence electrons. The monoisotopic (exact) mass is 643 g/mol. The molecule has 0 fully saturated rings. The number of anilines is 3. The zero-order valence-electron chi connectivity index (χ0n) is 26.5. The SMILES string of the molecule is c1ccc(-c2ccc(-c3cccc4sc5ccc(N(c6ccccc6)c6cc7oc8ccccc8c7c7ccccc67)cc5c34)cc2)cc1. The lowest BCUT2D eigenvalue weighted by Crippen LogP contribution is -2.10. The summed E-state index contributed by atoms with van der Waals surface area (Å²) in [6.07, 6.45) is 0. The van der Waals surface area contributed by atoms with Crippen LogP contribution in [0, 0.1) is 0 Å². The topological polar surface area (TPSA) is 16.4 Å². The highest BCUT2D eigenvalue weighted by Crippen LogP contribution is 2.47. The Morgan fingerprint density at radius 2 is 1.06 bits per heavy atom. The Labute approximate surface area is 287 Å². The van der Waals surface area contributed by atoms with Crippen molar-refractivity contribution in [2.75, 3.05) is 4.90 Å². The molecule has 2 heterocycles. The van der Waals surface area contributed by atoms with E-state index in [4.69, 9.17) is 4.42 Å². The molecule has 10 rings (SSSR count). The summed E-state index contributed by atoms with van der Waals surface area (Å²) in [4.78, 5) is 2.38. The number of hydrogen-bond donors (Lipinski definition) is 0. The van der Waals surface area contributed by atoms with Crippen LogP contribution in [0.1, 0.15) is 0 Å². The normalized spacial score (nSPS) is 11.7. The number of para-hydroxylation sites is 2. The molecule has 0 spiro atoms. The molecule has 0 atom stereocenters. The number of rotatable bonds is 5. The van der Waals surface area contributed by atoms with Crippen LogP contribution in [0.5, 0.6) is 0 Å². The number of furan rings is 1. The van der Waals surface area contributed by atoms with Crippen molar-refractivity contribution < 1.29 is 4.42 Å². The maximum absolute atomic E-state index is 6.51. The van der Waals surface area contributed by atoms with Crippen LogP contribution in [0.3, 0.4) is 0 Å². The fourth-order valence-electron chi connectivity index (χ4n) is 7.43. The lowest BCUT2D eigenvalue weighted by molar-refractivity contribution is 0.669. The number of thiophene rings is 1. The van der Waals surface area contributed by atoms with Gasteiger partial charge < -0.3 is 9.32 Å². The minimum atomic E-state index is 0.888. The summed E-state index contributed by atoms with van der Waals surface area (Å²) >= 11 is 1.86. The van der Waals surface area contributed by atoms with Gasteiger partial charge in [0.1, 0.15) is 11.2 Å². The molecule has 8 aromatic carbocycles. The predicted molar refractivity (Wildman–Crippen MR) is 210 cm³/mol. The van der Waals surface area contributed by atoms with E-state index in [9.17, 15) is 0 Å². The Hall–Kier alpha value is -6.16. The fraction of sp³-hybridized carbons (Fsp3) is 0. The lowest BCUT2D eigenvalue weighted by Gasteiger charge is -2.27. The Morgan fingerprint density at radius 3 is 1.88 bits per heavy atom. The maximum Gasteiger partial charge on any atom is 0.138 e. The van der Waals surface area contributed by atoms with E-state index in [1.807, 2.05) is 17.4 Å². The van der Waals surface area contributed by atoms with Crippen molar-refractivity contribution in [2.45, 2.75) is 0 Å². The van der Waals surface area contributed by atoms with E-state index in [1.165, 1.54) is 53.2 Å². The first kappa shape index (κ1) is 27.9. The van der Waals surface area contributed by atoms with Crippen molar-refractivity contribution >= 4 is 81.3 Å². The molecule has 0 aliphatic heterocycles. The summed E-state index contributed by atoms with van der Waals surface area (Å²) in [5.74, 6) is 0. The van der Waals surface area contributed by atoms with Crippen LogP contribution in [0.4, 0.5) is 17.1 Å². The largest absolute Gasteiger partial charge is 0.456 e. The highest BCUT2D eigenvalue weighted by molar-refractivity contribution is 7.26. The minimum Gasteiger partial charge on any atom is -0.456 e. The molecule has 0 bridgehead atoms. The Kier molecular flexibility index (Phi) is 6.39. The van der Waals surface area contributed by atoms with Crippen molar-refractivity contribution in [1.29, 1.82) is 0 Å². The second-order valence-corrected chi connectivity index (χ2v) is 13.6. The van der Waals surface area contributed by atoms with E-state index in [0.29, 0.717) is 0 Å². The zero-order chi connectivity index (χ0) is 32.3. The standard InChI is InChI=1S/C46H29NOS/c1-3-12-30(13-4-1)31-22-24-32(25-23-31)35-19-11-21-44-46(35)39-28-34(26-27-43(39)49-44)47(33-14-5-2-6-15-33)40-29-42-45(37-17-8-7-16-36(37)40)38-18-9-10-20-41(38)48-42/h1-29H. The fourth-order valence-corrected chi connectivity index (χ4v) is 8.54. The van der Waals surface area contributed by atoms with Crippen molar-refractivity contribution in [2.24, 2.45) is 0 Å². The first-order chi connectivity index (χ1) is 24.3. The average molecular weight is 644 g/mol. The minimum absolute atomic E-state index is 0.888. The summed E-state index contributed by atoms with van der Waals surface area (Å²) in [6, 6.07) is 63.1. The van der Waals surface area contributed by atoms with Gasteiger partial charge in [0, 0.05) is 53.8 Å². The molecule has 3 heteroatoms.